The first kappa shape index (κ1) is 19.1. The molecule has 0 radical (unpaired) electrons. The molecule has 6 heteroatoms. The molecule has 0 aliphatic carbocycles. The van der Waals surface area contributed by atoms with Crippen molar-refractivity contribution in [1.29, 1.82) is 0 Å². The van der Waals surface area contributed by atoms with Crippen LogP contribution in [0.15, 0.2) is 24.3 Å². The van der Waals surface area contributed by atoms with E-state index in [-0.39, 0.29) is 18.4 Å². The quantitative estimate of drug-likeness (QED) is 0.575. The third-order valence-corrected chi connectivity index (χ3v) is 3.15. The van der Waals surface area contributed by atoms with Crippen molar-refractivity contribution in [2.45, 2.75) is 45.8 Å². The number of carbonyl (C=O) groups excluding carboxylic acids is 1. The van der Waals surface area contributed by atoms with E-state index < -0.39 is 12.0 Å². The molecule has 0 aromatic heterocycles. The van der Waals surface area contributed by atoms with Gasteiger partial charge in [-0.3, -0.25) is 9.59 Å². The largest absolute Gasteiger partial charge is 0.480 e. The Morgan fingerprint density at radius 1 is 1.30 bits per heavy atom. The maximum Gasteiger partial charge on any atom is 0.321 e. The summed E-state index contributed by atoms with van der Waals surface area (Å²) in [7, 11) is 0. The highest BCUT2D eigenvalue weighted by atomic mass is 16.5. The van der Waals surface area contributed by atoms with E-state index in [2.05, 4.69) is 10.6 Å². The predicted octanol–water partition coefficient (Wildman–Crippen LogP) is 2.18. The average Bonchev–Trinajstić information content (AvgIpc) is 2.45. The molecule has 23 heavy (non-hydrogen) atoms. The summed E-state index contributed by atoms with van der Waals surface area (Å²) in [6.45, 7) is 6.87. The number of amides is 1. The second-order valence-corrected chi connectivity index (χ2v) is 5.74. The summed E-state index contributed by atoms with van der Waals surface area (Å²) in [5, 5.41) is 14.8. The number of aryl methyl sites for hydroxylation is 1. The molecule has 0 saturated heterocycles. The molecule has 1 rings (SSSR count). The fraction of sp³-hybridized carbons (Fsp3) is 0.529. The highest BCUT2D eigenvalue weighted by molar-refractivity contribution is 5.94. The third kappa shape index (κ3) is 8.32. The van der Waals surface area contributed by atoms with Crippen LogP contribution in [0.3, 0.4) is 0 Å². The van der Waals surface area contributed by atoms with Gasteiger partial charge in [0, 0.05) is 12.3 Å². The van der Waals surface area contributed by atoms with Gasteiger partial charge < -0.3 is 20.5 Å². The zero-order chi connectivity index (χ0) is 17.2. The van der Waals surface area contributed by atoms with Crippen LogP contribution in [0.2, 0.25) is 0 Å². The zero-order valence-corrected chi connectivity index (χ0v) is 14.0. The van der Waals surface area contributed by atoms with Gasteiger partial charge in [0.1, 0.15) is 6.04 Å². The first-order valence-corrected chi connectivity index (χ1v) is 7.83. The summed E-state index contributed by atoms with van der Waals surface area (Å²) in [5.41, 5.74) is 1.70. The molecule has 128 valence electrons. The van der Waals surface area contributed by atoms with Crippen LogP contribution in [-0.2, 0) is 14.3 Å². The van der Waals surface area contributed by atoms with E-state index in [1.54, 1.807) is 6.07 Å². The number of anilines is 1. The van der Waals surface area contributed by atoms with Crippen LogP contribution in [0.5, 0.6) is 0 Å². The molecule has 3 N–H and O–H groups in total. The highest BCUT2D eigenvalue weighted by Gasteiger charge is 2.20. The van der Waals surface area contributed by atoms with Gasteiger partial charge in [0.2, 0.25) is 5.91 Å². The summed E-state index contributed by atoms with van der Waals surface area (Å²) in [5.74, 6) is -1.36. The maximum absolute atomic E-state index is 12.0. The monoisotopic (exact) mass is 322 g/mol. The summed E-state index contributed by atoms with van der Waals surface area (Å²) in [4.78, 5) is 23.2. The predicted molar refractivity (Wildman–Crippen MR) is 89.6 cm³/mol. The Morgan fingerprint density at radius 2 is 2.04 bits per heavy atom. The van der Waals surface area contributed by atoms with E-state index in [9.17, 15) is 14.7 Å². The number of ether oxygens (including phenoxy) is 1. The Hall–Kier alpha value is -1.92. The van der Waals surface area contributed by atoms with Gasteiger partial charge in [0.25, 0.3) is 0 Å². The Balaban J connectivity index is 2.39. The molecule has 0 aliphatic rings. The van der Waals surface area contributed by atoms with E-state index >= 15 is 0 Å². The van der Waals surface area contributed by atoms with Crippen LogP contribution in [0.1, 0.15) is 32.3 Å². The van der Waals surface area contributed by atoms with Gasteiger partial charge in [-0.2, -0.15) is 0 Å². The van der Waals surface area contributed by atoms with Gasteiger partial charge in [-0.25, -0.2) is 0 Å². The Bertz CT molecular complexity index is 517. The van der Waals surface area contributed by atoms with Gasteiger partial charge in [-0.05, 0) is 51.4 Å². The topological polar surface area (TPSA) is 87.7 Å². The number of rotatable bonds is 10. The molecule has 1 atom stereocenters. The van der Waals surface area contributed by atoms with Crippen LogP contribution in [0.25, 0.3) is 0 Å². The van der Waals surface area contributed by atoms with Gasteiger partial charge in [0.15, 0.2) is 0 Å². The number of hydrogen-bond acceptors (Lipinski definition) is 4. The van der Waals surface area contributed by atoms with Crippen molar-refractivity contribution in [3.05, 3.63) is 29.8 Å². The Kier molecular flexibility index (Phi) is 8.29. The van der Waals surface area contributed by atoms with Gasteiger partial charge in [-0.15, -0.1) is 0 Å². The lowest BCUT2D eigenvalue weighted by Crippen LogP contribution is -2.40. The molecule has 0 saturated carbocycles. The molecule has 6 nitrogen and oxygen atoms in total. The summed E-state index contributed by atoms with van der Waals surface area (Å²) in [6, 6.07) is 6.48. The van der Waals surface area contributed by atoms with Crippen LogP contribution in [0.4, 0.5) is 5.69 Å². The number of hydrogen-bond donors (Lipinski definition) is 3. The van der Waals surface area contributed by atoms with Crippen molar-refractivity contribution < 1.29 is 19.4 Å². The minimum absolute atomic E-state index is 0.117. The van der Waals surface area contributed by atoms with Crippen molar-refractivity contribution in [1.82, 2.24) is 5.32 Å². The molecule has 0 bridgehead atoms. The number of benzene rings is 1. The molecule has 1 aromatic carbocycles. The zero-order valence-electron chi connectivity index (χ0n) is 14.0. The molecule has 1 amide bonds. The molecule has 0 aliphatic heterocycles. The molecule has 1 unspecified atom stereocenters. The summed E-state index contributed by atoms with van der Waals surface area (Å²) >= 11 is 0. The van der Waals surface area contributed by atoms with E-state index in [0.29, 0.717) is 25.3 Å². The van der Waals surface area contributed by atoms with Crippen molar-refractivity contribution in [3.8, 4) is 0 Å². The van der Waals surface area contributed by atoms with Crippen LogP contribution >= 0.6 is 0 Å². The molecule has 0 fully saturated rings. The third-order valence-electron chi connectivity index (χ3n) is 3.15. The smallest absolute Gasteiger partial charge is 0.321 e. The standard InChI is InChI=1S/C17H26N2O4/c1-12(2)23-9-5-8-18-15(17(21)22)11-16(20)19-14-7-4-6-13(3)10-14/h4,6-7,10,12,15,18H,5,8-9,11H2,1-3H3,(H,19,20)(H,21,22). The van der Waals surface area contributed by atoms with E-state index in [0.717, 1.165) is 5.56 Å². The second-order valence-electron chi connectivity index (χ2n) is 5.74. The van der Waals surface area contributed by atoms with Crippen LogP contribution < -0.4 is 10.6 Å². The van der Waals surface area contributed by atoms with Crippen LogP contribution in [0, 0.1) is 6.92 Å². The van der Waals surface area contributed by atoms with E-state index in [4.69, 9.17) is 4.74 Å². The first-order chi connectivity index (χ1) is 10.9. The van der Waals surface area contributed by atoms with Crippen molar-refractivity contribution in [3.63, 3.8) is 0 Å². The molecule has 1 aromatic rings. The summed E-state index contributed by atoms with van der Waals surface area (Å²) < 4.78 is 5.39. The Morgan fingerprint density at radius 3 is 2.65 bits per heavy atom. The first-order valence-electron chi connectivity index (χ1n) is 7.83. The number of carboxylic acid groups (broad SMARTS) is 1. The number of nitrogens with one attached hydrogen (secondary N) is 2. The molecular formula is C17H26N2O4. The lowest BCUT2D eigenvalue weighted by atomic mass is 10.1. The highest BCUT2D eigenvalue weighted by Crippen LogP contribution is 2.10. The van der Waals surface area contributed by atoms with Crippen molar-refractivity contribution in [2.75, 3.05) is 18.5 Å². The van der Waals surface area contributed by atoms with Gasteiger partial charge in [0.05, 0.1) is 12.5 Å². The van der Waals surface area contributed by atoms with Crippen molar-refractivity contribution in [2.24, 2.45) is 0 Å². The number of aliphatic carboxylic acids is 1. The lowest BCUT2D eigenvalue weighted by molar-refractivity contribution is -0.141. The SMILES string of the molecule is Cc1cccc(NC(=O)CC(NCCCOC(C)C)C(=O)O)c1. The van der Waals surface area contributed by atoms with Gasteiger partial charge in [-0.1, -0.05) is 12.1 Å². The Labute approximate surface area is 137 Å². The molecule has 0 heterocycles. The maximum atomic E-state index is 12.0. The minimum Gasteiger partial charge on any atom is -0.480 e. The fourth-order valence-electron chi connectivity index (χ4n) is 2.03. The van der Waals surface area contributed by atoms with Crippen molar-refractivity contribution >= 4 is 17.6 Å². The van der Waals surface area contributed by atoms with E-state index in [1.807, 2.05) is 39.0 Å². The van der Waals surface area contributed by atoms with Gasteiger partial charge >= 0.3 is 5.97 Å². The summed E-state index contributed by atoms with van der Waals surface area (Å²) in [6.07, 6.45) is 0.737. The fourth-order valence-corrected chi connectivity index (χ4v) is 2.03. The van der Waals surface area contributed by atoms with Crippen LogP contribution in [-0.4, -0.2) is 42.3 Å². The molecular weight excluding hydrogens is 296 g/mol. The minimum atomic E-state index is -1.03. The lowest BCUT2D eigenvalue weighted by Gasteiger charge is -2.15. The normalized spacial score (nSPS) is 12.2. The second kappa shape index (κ2) is 9.97. The van der Waals surface area contributed by atoms with E-state index in [1.165, 1.54) is 0 Å². The average molecular weight is 322 g/mol. The number of carboxylic acids is 1. The molecule has 0 spiro atoms. The number of carbonyl (C=O) groups is 2.